The van der Waals surface area contributed by atoms with Gasteiger partial charge in [-0.3, -0.25) is 4.79 Å². The third kappa shape index (κ3) is 4.79. The van der Waals surface area contributed by atoms with E-state index in [-0.39, 0.29) is 11.8 Å². The van der Waals surface area contributed by atoms with Crippen LogP contribution in [-0.4, -0.2) is 25.8 Å². The van der Waals surface area contributed by atoms with Crippen molar-refractivity contribution in [1.29, 1.82) is 0 Å². The summed E-state index contributed by atoms with van der Waals surface area (Å²) in [6.45, 7) is 3.22. The SMILES string of the molecule is CNCC(C)C(=O)NCc1ccc(SC)cc1. The van der Waals surface area contributed by atoms with Gasteiger partial charge in [0.1, 0.15) is 0 Å². The Hall–Kier alpha value is -1.00. The van der Waals surface area contributed by atoms with E-state index in [1.165, 1.54) is 4.90 Å². The number of carbonyl (C=O) groups is 1. The summed E-state index contributed by atoms with van der Waals surface area (Å²) in [5.41, 5.74) is 1.13. The van der Waals surface area contributed by atoms with Gasteiger partial charge in [0.25, 0.3) is 0 Å². The van der Waals surface area contributed by atoms with Crippen LogP contribution in [0.25, 0.3) is 0 Å². The summed E-state index contributed by atoms with van der Waals surface area (Å²) in [7, 11) is 1.85. The lowest BCUT2D eigenvalue weighted by Crippen LogP contribution is -2.33. The maximum atomic E-state index is 11.7. The summed E-state index contributed by atoms with van der Waals surface area (Å²) in [6.07, 6.45) is 2.05. The molecule has 1 amide bonds. The molecule has 0 heterocycles. The smallest absolute Gasteiger partial charge is 0.224 e. The maximum absolute atomic E-state index is 11.7. The minimum absolute atomic E-state index is 0.00507. The molecular weight excluding hydrogens is 232 g/mol. The second kappa shape index (κ2) is 7.35. The van der Waals surface area contributed by atoms with Gasteiger partial charge < -0.3 is 10.6 Å². The molecule has 0 aromatic heterocycles. The number of carbonyl (C=O) groups excluding carboxylic acids is 1. The number of nitrogens with one attached hydrogen (secondary N) is 2. The fourth-order valence-corrected chi connectivity index (χ4v) is 1.91. The molecule has 17 heavy (non-hydrogen) atoms. The molecule has 1 aromatic rings. The number of rotatable bonds is 6. The highest BCUT2D eigenvalue weighted by molar-refractivity contribution is 7.98. The molecule has 94 valence electrons. The molecule has 0 aliphatic heterocycles. The molecule has 2 N–H and O–H groups in total. The van der Waals surface area contributed by atoms with Gasteiger partial charge in [0, 0.05) is 23.9 Å². The van der Waals surface area contributed by atoms with Gasteiger partial charge in [-0.15, -0.1) is 11.8 Å². The number of hydrogen-bond acceptors (Lipinski definition) is 3. The van der Waals surface area contributed by atoms with Crippen LogP contribution in [0.1, 0.15) is 12.5 Å². The zero-order valence-corrected chi connectivity index (χ0v) is 11.4. The van der Waals surface area contributed by atoms with Gasteiger partial charge in [-0.05, 0) is 31.0 Å². The van der Waals surface area contributed by atoms with Gasteiger partial charge in [0.05, 0.1) is 0 Å². The average molecular weight is 252 g/mol. The van der Waals surface area contributed by atoms with Crippen molar-refractivity contribution in [2.45, 2.75) is 18.4 Å². The van der Waals surface area contributed by atoms with Crippen molar-refractivity contribution in [1.82, 2.24) is 10.6 Å². The molecule has 0 fully saturated rings. The third-order valence-electron chi connectivity index (χ3n) is 2.58. The lowest BCUT2D eigenvalue weighted by molar-refractivity contribution is -0.124. The van der Waals surface area contributed by atoms with Crippen LogP contribution in [0, 0.1) is 5.92 Å². The van der Waals surface area contributed by atoms with Crippen LogP contribution in [0.4, 0.5) is 0 Å². The Morgan fingerprint density at radius 1 is 1.35 bits per heavy atom. The zero-order chi connectivity index (χ0) is 12.7. The first kappa shape index (κ1) is 14.1. The molecule has 0 bridgehead atoms. The van der Waals surface area contributed by atoms with Gasteiger partial charge >= 0.3 is 0 Å². The quantitative estimate of drug-likeness (QED) is 0.760. The van der Waals surface area contributed by atoms with Gasteiger partial charge in [0.15, 0.2) is 0 Å². The molecule has 4 heteroatoms. The maximum Gasteiger partial charge on any atom is 0.224 e. The Morgan fingerprint density at radius 3 is 2.53 bits per heavy atom. The Labute approximate surface area is 107 Å². The highest BCUT2D eigenvalue weighted by Gasteiger charge is 2.10. The molecule has 0 radical (unpaired) electrons. The molecule has 1 unspecified atom stereocenters. The monoisotopic (exact) mass is 252 g/mol. The molecule has 3 nitrogen and oxygen atoms in total. The van der Waals surface area contributed by atoms with E-state index in [1.807, 2.05) is 14.0 Å². The van der Waals surface area contributed by atoms with Crippen molar-refractivity contribution in [3.8, 4) is 0 Å². The molecular formula is C13H20N2OS. The van der Waals surface area contributed by atoms with Crippen molar-refractivity contribution in [3.05, 3.63) is 29.8 Å². The van der Waals surface area contributed by atoms with E-state index in [4.69, 9.17) is 0 Å². The van der Waals surface area contributed by atoms with E-state index in [2.05, 4.69) is 41.2 Å². The molecule has 1 atom stereocenters. The minimum atomic E-state index is 0.00507. The predicted molar refractivity (Wildman–Crippen MR) is 73.2 cm³/mol. The lowest BCUT2D eigenvalue weighted by Gasteiger charge is -2.11. The van der Waals surface area contributed by atoms with E-state index < -0.39 is 0 Å². The van der Waals surface area contributed by atoms with E-state index in [0.29, 0.717) is 13.1 Å². The summed E-state index contributed by atoms with van der Waals surface area (Å²) in [4.78, 5) is 12.9. The second-order valence-electron chi connectivity index (χ2n) is 4.02. The minimum Gasteiger partial charge on any atom is -0.352 e. The van der Waals surface area contributed by atoms with Gasteiger partial charge in [-0.1, -0.05) is 19.1 Å². The standard InChI is InChI=1S/C13H20N2OS/c1-10(8-14-2)13(16)15-9-11-4-6-12(17-3)7-5-11/h4-7,10,14H,8-9H2,1-3H3,(H,15,16). The fourth-order valence-electron chi connectivity index (χ4n) is 1.51. The molecule has 0 aliphatic rings. The topological polar surface area (TPSA) is 41.1 Å². The van der Waals surface area contributed by atoms with Crippen LogP contribution < -0.4 is 10.6 Å². The van der Waals surface area contributed by atoms with Gasteiger partial charge in [-0.2, -0.15) is 0 Å². The zero-order valence-electron chi connectivity index (χ0n) is 10.6. The van der Waals surface area contributed by atoms with Crippen LogP contribution >= 0.6 is 11.8 Å². The molecule has 0 saturated heterocycles. The normalized spacial score (nSPS) is 12.2. The van der Waals surface area contributed by atoms with Crippen LogP contribution in [0.5, 0.6) is 0 Å². The summed E-state index contributed by atoms with van der Waals surface area (Å²) in [6, 6.07) is 8.25. The Bertz CT molecular complexity index is 351. The Morgan fingerprint density at radius 2 is 2.00 bits per heavy atom. The van der Waals surface area contributed by atoms with Gasteiger partial charge in [-0.25, -0.2) is 0 Å². The Balaban J connectivity index is 2.41. The van der Waals surface area contributed by atoms with Crippen molar-refractivity contribution in [2.75, 3.05) is 19.8 Å². The molecule has 0 aliphatic carbocycles. The predicted octanol–water partition coefficient (Wildman–Crippen LogP) is 1.88. The highest BCUT2D eigenvalue weighted by atomic mass is 32.2. The Kier molecular flexibility index (Phi) is 6.08. The number of thioether (sulfide) groups is 1. The van der Waals surface area contributed by atoms with Crippen molar-refractivity contribution >= 4 is 17.7 Å². The highest BCUT2D eigenvalue weighted by Crippen LogP contribution is 2.14. The van der Waals surface area contributed by atoms with E-state index in [1.54, 1.807) is 11.8 Å². The second-order valence-corrected chi connectivity index (χ2v) is 4.90. The van der Waals surface area contributed by atoms with Crippen LogP contribution in [0.3, 0.4) is 0 Å². The molecule has 1 rings (SSSR count). The number of benzene rings is 1. The van der Waals surface area contributed by atoms with E-state index >= 15 is 0 Å². The lowest BCUT2D eigenvalue weighted by atomic mass is 10.1. The van der Waals surface area contributed by atoms with Crippen LogP contribution in [0.2, 0.25) is 0 Å². The van der Waals surface area contributed by atoms with Gasteiger partial charge in [0.2, 0.25) is 5.91 Å². The summed E-state index contributed by atoms with van der Waals surface area (Å²) in [5.74, 6) is 0.0961. The number of amides is 1. The van der Waals surface area contributed by atoms with Crippen molar-refractivity contribution in [2.24, 2.45) is 5.92 Å². The fraction of sp³-hybridized carbons (Fsp3) is 0.462. The van der Waals surface area contributed by atoms with Crippen molar-refractivity contribution in [3.63, 3.8) is 0 Å². The first-order valence-electron chi connectivity index (χ1n) is 5.72. The van der Waals surface area contributed by atoms with E-state index in [0.717, 1.165) is 5.56 Å². The third-order valence-corrected chi connectivity index (χ3v) is 3.33. The summed E-state index contributed by atoms with van der Waals surface area (Å²) >= 11 is 1.72. The molecule has 1 aromatic carbocycles. The molecule has 0 saturated carbocycles. The average Bonchev–Trinajstić information content (AvgIpc) is 2.36. The number of hydrogen-bond donors (Lipinski definition) is 2. The first-order valence-corrected chi connectivity index (χ1v) is 6.95. The summed E-state index contributed by atoms with van der Waals surface area (Å²) < 4.78 is 0. The van der Waals surface area contributed by atoms with Crippen molar-refractivity contribution < 1.29 is 4.79 Å². The van der Waals surface area contributed by atoms with Crippen LogP contribution in [0.15, 0.2) is 29.2 Å². The summed E-state index contributed by atoms with van der Waals surface area (Å²) in [5, 5.41) is 5.93. The van der Waals surface area contributed by atoms with Crippen LogP contribution in [-0.2, 0) is 11.3 Å². The molecule has 0 spiro atoms. The largest absolute Gasteiger partial charge is 0.352 e. The first-order chi connectivity index (χ1) is 8.17. The van der Waals surface area contributed by atoms with E-state index in [9.17, 15) is 4.79 Å².